The smallest absolute Gasteiger partial charge is 0.330 e. The van der Waals surface area contributed by atoms with Gasteiger partial charge in [0, 0.05) is 24.7 Å². The second kappa shape index (κ2) is 6.67. The highest BCUT2D eigenvalue weighted by molar-refractivity contribution is 7.49. The van der Waals surface area contributed by atoms with Crippen molar-refractivity contribution in [1.82, 2.24) is 18.9 Å². The molecule has 3 heterocycles. The Bertz CT molecular complexity index is 893. The van der Waals surface area contributed by atoms with Crippen LogP contribution in [0.25, 0.3) is 0 Å². The molecule has 2 aromatic heterocycles. The molecule has 0 amide bonds. The first kappa shape index (κ1) is 17.7. The Morgan fingerprint density at radius 2 is 2.12 bits per heavy atom. The Hall–Kier alpha value is -2.08. The van der Waals surface area contributed by atoms with Crippen molar-refractivity contribution in [2.75, 3.05) is 6.61 Å². The van der Waals surface area contributed by atoms with E-state index in [9.17, 15) is 29.3 Å². The second-order valence-electron chi connectivity index (χ2n) is 5.27. The number of H-pyrrole nitrogens is 1. The molecule has 3 rings (SSSR count). The summed E-state index contributed by atoms with van der Waals surface area (Å²) >= 11 is 0. The molecule has 5 atom stereocenters. The van der Waals surface area contributed by atoms with Crippen molar-refractivity contribution < 1.29 is 28.9 Å². The summed E-state index contributed by atoms with van der Waals surface area (Å²) < 4.78 is 23.7. The number of aliphatic hydroxyl groups excluding tert-OH is 2. The van der Waals surface area contributed by atoms with Crippen molar-refractivity contribution in [2.24, 2.45) is 0 Å². The van der Waals surface area contributed by atoms with E-state index in [1.54, 1.807) is 0 Å². The third-order valence-electron chi connectivity index (χ3n) is 3.64. The highest BCUT2D eigenvalue weighted by atomic mass is 31.2. The van der Waals surface area contributed by atoms with Crippen LogP contribution in [-0.2, 0) is 13.8 Å². The molecule has 13 heteroatoms. The summed E-state index contributed by atoms with van der Waals surface area (Å²) in [4.78, 5) is 40.3. The van der Waals surface area contributed by atoms with E-state index in [1.807, 2.05) is 4.98 Å². The number of nitrogens with one attached hydrogen (secondary N) is 1. The van der Waals surface area contributed by atoms with Gasteiger partial charge in [0.2, 0.25) is 7.75 Å². The van der Waals surface area contributed by atoms with Crippen LogP contribution in [0.4, 0.5) is 0 Å². The molecular weight excluding hydrogens is 359 g/mol. The predicted molar refractivity (Wildman–Crippen MR) is 78.4 cm³/mol. The monoisotopic (exact) mass is 373 g/mol. The lowest BCUT2D eigenvalue weighted by Crippen LogP contribution is -2.37. The minimum Gasteiger partial charge on any atom is -0.761 e. The molecule has 0 radical (unpaired) electrons. The van der Waals surface area contributed by atoms with Crippen molar-refractivity contribution in [3.05, 3.63) is 51.8 Å². The summed E-state index contributed by atoms with van der Waals surface area (Å²) in [5.41, 5.74) is -1.49. The lowest BCUT2D eigenvalue weighted by molar-refractivity contribution is -0.205. The molecule has 12 nitrogen and oxygen atoms in total. The number of aliphatic hydroxyl groups is 2. The molecule has 0 spiro atoms. The number of hydrogen-bond donors (Lipinski definition) is 3. The quantitative estimate of drug-likeness (QED) is 0.475. The molecule has 1 saturated heterocycles. The van der Waals surface area contributed by atoms with Crippen LogP contribution in [0.2, 0.25) is 0 Å². The van der Waals surface area contributed by atoms with Gasteiger partial charge in [0.05, 0.1) is 6.61 Å². The Labute approximate surface area is 139 Å². The zero-order valence-corrected chi connectivity index (χ0v) is 13.4. The minimum atomic E-state index is -4.49. The number of imidazole rings is 1. The van der Waals surface area contributed by atoms with Crippen LogP contribution < -0.4 is 16.1 Å². The molecule has 5 unspecified atom stereocenters. The molecule has 3 N–H and O–H groups in total. The van der Waals surface area contributed by atoms with E-state index in [0.29, 0.717) is 0 Å². The predicted octanol–water partition coefficient (Wildman–Crippen LogP) is -2.61. The average Bonchev–Trinajstić information content (AvgIpc) is 3.18. The Morgan fingerprint density at radius 1 is 1.36 bits per heavy atom. The molecule has 1 aliphatic rings. The van der Waals surface area contributed by atoms with Crippen LogP contribution in [0.5, 0.6) is 0 Å². The summed E-state index contributed by atoms with van der Waals surface area (Å²) in [6, 6.07) is 1.04. The van der Waals surface area contributed by atoms with E-state index >= 15 is 0 Å². The van der Waals surface area contributed by atoms with E-state index in [1.165, 1.54) is 6.20 Å². The Balaban J connectivity index is 1.73. The average molecular weight is 373 g/mol. The van der Waals surface area contributed by atoms with Gasteiger partial charge >= 0.3 is 5.69 Å². The fraction of sp³-hybridized carbons (Fsp3) is 0.417. The molecule has 1 fully saturated rings. The van der Waals surface area contributed by atoms with Crippen molar-refractivity contribution in [3.8, 4) is 0 Å². The van der Waals surface area contributed by atoms with Gasteiger partial charge < -0.3 is 24.4 Å². The number of aromatic amines is 1. The lowest BCUT2D eigenvalue weighted by atomic mass is 10.1. The van der Waals surface area contributed by atoms with E-state index in [0.717, 1.165) is 33.7 Å². The topological polar surface area (TPSA) is 172 Å². The van der Waals surface area contributed by atoms with Gasteiger partial charge in [-0.25, -0.2) is 9.78 Å². The number of nitrogens with zero attached hydrogens (tertiary/aromatic N) is 3. The summed E-state index contributed by atoms with van der Waals surface area (Å²) in [7, 11) is -4.49. The van der Waals surface area contributed by atoms with Crippen molar-refractivity contribution in [1.29, 1.82) is 0 Å². The molecule has 1 aliphatic heterocycles. The molecule has 2 aromatic rings. The standard InChI is InChI=1S/C12H15N4O8P/c17-8-1-3-16(12(20)14-8)11-10(19)9(18)7(24-11)5-23-25(21,22)15-4-2-13-6-15/h1-4,6-7,9-11,18-19H,5H2,(H,21,22)(H,14,17,20)/p-1. The first-order valence-electron chi connectivity index (χ1n) is 7.07. The molecule has 0 bridgehead atoms. The number of rotatable bonds is 5. The van der Waals surface area contributed by atoms with Crippen molar-refractivity contribution in [3.63, 3.8) is 0 Å². The highest BCUT2D eigenvalue weighted by Crippen LogP contribution is 2.40. The molecule has 136 valence electrons. The van der Waals surface area contributed by atoms with E-state index in [4.69, 9.17) is 9.26 Å². The van der Waals surface area contributed by atoms with Crippen LogP contribution in [0, 0.1) is 0 Å². The van der Waals surface area contributed by atoms with Gasteiger partial charge in [0.25, 0.3) is 5.56 Å². The maximum atomic E-state index is 11.9. The first-order valence-corrected chi connectivity index (χ1v) is 8.56. The van der Waals surface area contributed by atoms with Crippen molar-refractivity contribution >= 4 is 7.75 Å². The van der Waals surface area contributed by atoms with Crippen LogP contribution in [0.15, 0.2) is 40.6 Å². The third kappa shape index (κ3) is 3.49. The lowest BCUT2D eigenvalue weighted by Gasteiger charge is -2.25. The van der Waals surface area contributed by atoms with Gasteiger partial charge in [0.1, 0.15) is 24.6 Å². The van der Waals surface area contributed by atoms with Crippen LogP contribution in [-0.4, -0.2) is 54.0 Å². The maximum absolute atomic E-state index is 11.9. The van der Waals surface area contributed by atoms with Crippen LogP contribution in [0.1, 0.15) is 6.23 Å². The molecule has 0 aromatic carbocycles. The zero-order chi connectivity index (χ0) is 18.2. The van der Waals surface area contributed by atoms with Crippen LogP contribution in [0.3, 0.4) is 0 Å². The van der Waals surface area contributed by atoms with Gasteiger partial charge in [-0.2, -0.15) is 0 Å². The van der Waals surface area contributed by atoms with Gasteiger partial charge in [-0.1, -0.05) is 0 Å². The maximum Gasteiger partial charge on any atom is 0.330 e. The first-order chi connectivity index (χ1) is 11.8. The molecule has 25 heavy (non-hydrogen) atoms. The zero-order valence-electron chi connectivity index (χ0n) is 12.5. The molecule has 0 saturated carbocycles. The highest BCUT2D eigenvalue weighted by Gasteiger charge is 2.44. The van der Waals surface area contributed by atoms with Crippen LogP contribution >= 0.6 is 7.75 Å². The normalized spacial score (nSPS) is 28.8. The SMILES string of the molecule is O=c1ccn(C2OC(COP(=O)([O-])n3ccnc3)C(O)C2O)c(=O)[nH]1. The number of ether oxygens (including phenoxy) is 1. The fourth-order valence-electron chi connectivity index (χ4n) is 2.36. The van der Waals surface area contributed by atoms with Gasteiger partial charge in [-0.15, -0.1) is 0 Å². The van der Waals surface area contributed by atoms with Gasteiger partial charge in [-0.3, -0.25) is 23.2 Å². The summed E-state index contributed by atoms with van der Waals surface area (Å²) in [5.74, 6) is 0. The fourth-order valence-corrected chi connectivity index (χ4v) is 3.23. The second-order valence-corrected chi connectivity index (χ2v) is 6.93. The Kier molecular flexibility index (Phi) is 4.73. The van der Waals surface area contributed by atoms with E-state index < -0.39 is 50.1 Å². The van der Waals surface area contributed by atoms with Crippen molar-refractivity contribution in [2.45, 2.75) is 24.5 Å². The number of aromatic nitrogens is 4. The molecule has 0 aliphatic carbocycles. The molecular formula is C12H14N4O8P-. The number of hydrogen-bond acceptors (Lipinski definition) is 9. The minimum absolute atomic E-state index is 0.591. The Morgan fingerprint density at radius 3 is 2.76 bits per heavy atom. The van der Waals surface area contributed by atoms with Gasteiger partial charge in [-0.05, 0) is 0 Å². The third-order valence-corrected chi connectivity index (χ3v) is 4.92. The summed E-state index contributed by atoms with van der Waals surface area (Å²) in [6.45, 7) is -0.591. The van der Waals surface area contributed by atoms with Gasteiger partial charge in [0.15, 0.2) is 6.23 Å². The largest absolute Gasteiger partial charge is 0.761 e. The van der Waals surface area contributed by atoms with E-state index in [2.05, 4.69) is 4.98 Å². The van der Waals surface area contributed by atoms with E-state index in [-0.39, 0.29) is 0 Å². The summed E-state index contributed by atoms with van der Waals surface area (Å²) in [5, 5.41) is 20.1. The summed E-state index contributed by atoms with van der Waals surface area (Å²) in [6.07, 6.45) is -1.04.